The number of hydrogen-bond donors (Lipinski definition) is 1. The zero-order valence-corrected chi connectivity index (χ0v) is 22.6. The molecular formula is C27H25Cl2N7O2. The summed E-state index contributed by atoms with van der Waals surface area (Å²) in [4.78, 5) is 15.3. The smallest absolute Gasteiger partial charge is 0.253 e. The highest BCUT2D eigenvalue weighted by atomic mass is 35.5. The van der Waals surface area contributed by atoms with Gasteiger partial charge < -0.3 is 14.7 Å². The van der Waals surface area contributed by atoms with Crippen molar-refractivity contribution in [1.29, 1.82) is 0 Å². The van der Waals surface area contributed by atoms with E-state index in [4.69, 9.17) is 27.7 Å². The zero-order chi connectivity index (χ0) is 26.6. The Labute approximate surface area is 228 Å². The van der Waals surface area contributed by atoms with Crippen LogP contribution in [0.25, 0.3) is 22.5 Å². The number of anilines is 1. The molecule has 0 aliphatic carbocycles. The summed E-state index contributed by atoms with van der Waals surface area (Å²) in [6.45, 7) is 7.41. The second kappa shape index (κ2) is 9.49. The molecule has 1 N–H and O–H groups in total. The molecule has 9 nitrogen and oxygen atoms in total. The van der Waals surface area contributed by atoms with Gasteiger partial charge >= 0.3 is 0 Å². The van der Waals surface area contributed by atoms with Crippen molar-refractivity contribution >= 4 is 45.8 Å². The quantitative estimate of drug-likeness (QED) is 0.313. The van der Waals surface area contributed by atoms with E-state index >= 15 is 0 Å². The van der Waals surface area contributed by atoms with Crippen LogP contribution >= 0.6 is 23.2 Å². The first kappa shape index (κ1) is 24.5. The molecular weight excluding hydrogens is 525 g/mol. The maximum absolute atomic E-state index is 13.1. The van der Waals surface area contributed by atoms with E-state index in [-0.39, 0.29) is 11.9 Å². The van der Waals surface area contributed by atoms with Crippen molar-refractivity contribution in [2.45, 2.75) is 33.2 Å². The molecule has 4 heterocycles. The molecule has 1 atom stereocenters. The number of nitrogens with zero attached hydrogens (tertiary/aromatic N) is 6. The third kappa shape index (κ3) is 4.12. The van der Waals surface area contributed by atoms with Crippen LogP contribution in [0.5, 0.6) is 0 Å². The fraction of sp³-hybridized carbons (Fsp3) is 0.259. The van der Waals surface area contributed by atoms with E-state index < -0.39 is 0 Å². The Morgan fingerprint density at radius 1 is 1.05 bits per heavy atom. The van der Waals surface area contributed by atoms with E-state index in [9.17, 15) is 4.79 Å². The standard InChI is InChI=1S/C27H25Cl2N7O2/c1-15-10-22(25-23(24(15)29)26(33-38-25)36-16(2)4-5-17(36)3)34-9-8-18(12-34)32-27(37)20-7-6-19(11-21(20)28)35-13-30-31-14-35/h4-7,10-11,13-14,18H,8-9,12H2,1-3H3,(H,32,37)/t18-/m1/s1. The van der Waals surface area contributed by atoms with Crippen LogP contribution in [0.2, 0.25) is 10.0 Å². The summed E-state index contributed by atoms with van der Waals surface area (Å²) in [5, 5.41) is 16.9. The van der Waals surface area contributed by atoms with Crippen LogP contribution in [0, 0.1) is 20.8 Å². The van der Waals surface area contributed by atoms with Crippen LogP contribution in [0.4, 0.5) is 5.69 Å². The molecule has 11 heteroatoms. The summed E-state index contributed by atoms with van der Waals surface area (Å²) in [5.74, 6) is 0.471. The lowest BCUT2D eigenvalue weighted by molar-refractivity contribution is 0.0940. The predicted molar refractivity (Wildman–Crippen MR) is 147 cm³/mol. The van der Waals surface area contributed by atoms with Gasteiger partial charge in [0.25, 0.3) is 5.91 Å². The number of carbonyl (C=O) groups excluding carboxylic acids is 1. The molecule has 5 aromatic rings. The van der Waals surface area contributed by atoms with Gasteiger partial charge in [0, 0.05) is 36.2 Å². The van der Waals surface area contributed by atoms with Crippen LogP contribution in [0.1, 0.15) is 33.7 Å². The lowest BCUT2D eigenvalue weighted by atomic mass is 10.1. The minimum absolute atomic E-state index is 0.0570. The molecule has 1 fully saturated rings. The molecule has 0 bridgehead atoms. The molecule has 38 heavy (non-hydrogen) atoms. The van der Waals surface area contributed by atoms with Gasteiger partial charge in [0.15, 0.2) is 11.4 Å². The second-order valence-electron chi connectivity index (χ2n) is 9.63. The number of halogens is 2. The number of aromatic nitrogens is 5. The SMILES string of the molecule is Cc1cc(N2CC[C@@H](NC(=O)c3ccc(-n4cnnc4)cc3Cl)C2)c2onc(-n3c(C)ccc3C)c2c1Cl. The van der Waals surface area contributed by atoms with Gasteiger partial charge in [0.05, 0.1) is 26.7 Å². The third-order valence-corrected chi connectivity index (χ3v) is 7.89. The number of hydrogen-bond acceptors (Lipinski definition) is 6. The largest absolute Gasteiger partial charge is 0.366 e. The molecule has 1 saturated heterocycles. The lowest BCUT2D eigenvalue weighted by Gasteiger charge is -2.20. The van der Waals surface area contributed by atoms with E-state index in [1.807, 2.05) is 49.6 Å². The van der Waals surface area contributed by atoms with E-state index in [1.165, 1.54) is 0 Å². The number of nitrogens with one attached hydrogen (secondary N) is 1. The molecule has 1 amide bonds. The molecule has 1 aliphatic heterocycles. The van der Waals surface area contributed by atoms with Gasteiger partial charge in [-0.2, -0.15) is 0 Å². The van der Waals surface area contributed by atoms with Gasteiger partial charge in [0.1, 0.15) is 12.7 Å². The number of benzene rings is 2. The Morgan fingerprint density at radius 2 is 1.79 bits per heavy atom. The van der Waals surface area contributed by atoms with E-state index in [1.54, 1.807) is 29.4 Å². The predicted octanol–water partition coefficient (Wildman–Crippen LogP) is 5.44. The van der Waals surface area contributed by atoms with Gasteiger partial charge in [0.2, 0.25) is 0 Å². The lowest BCUT2D eigenvalue weighted by Crippen LogP contribution is -2.37. The van der Waals surface area contributed by atoms with Gasteiger partial charge in [-0.05, 0) is 69.2 Å². The first-order chi connectivity index (χ1) is 18.3. The zero-order valence-electron chi connectivity index (χ0n) is 21.1. The molecule has 1 aliphatic rings. The van der Waals surface area contributed by atoms with Crippen molar-refractivity contribution in [3.63, 3.8) is 0 Å². The van der Waals surface area contributed by atoms with Gasteiger partial charge in [-0.25, -0.2) is 0 Å². The Kier molecular flexibility index (Phi) is 6.12. The van der Waals surface area contributed by atoms with Gasteiger partial charge in [-0.3, -0.25) is 13.9 Å². The van der Waals surface area contributed by atoms with Crippen molar-refractivity contribution in [1.82, 2.24) is 29.8 Å². The Bertz CT molecular complexity index is 1650. The minimum Gasteiger partial charge on any atom is -0.366 e. The highest BCUT2D eigenvalue weighted by Crippen LogP contribution is 2.40. The molecule has 194 valence electrons. The monoisotopic (exact) mass is 549 g/mol. The maximum Gasteiger partial charge on any atom is 0.253 e. The highest BCUT2D eigenvalue weighted by Gasteiger charge is 2.29. The van der Waals surface area contributed by atoms with E-state index in [2.05, 4.69) is 25.6 Å². The normalized spacial score (nSPS) is 15.5. The van der Waals surface area contributed by atoms with Crippen LogP contribution in [-0.2, 0) is 0 Å². The number of rotatable bonds is 5. The van der Waals surface area contributed by atoms with Crippen molar-refractivity contribution in [2.24, 2.45) is 0 Å². The first-order valence-electron chi connectivity index (χ1n) is 12.3. The fourth-order valence-electron chi connectivity index (χ4n) is 5.12. The van der Waals surface area contributed by atoms with Crippen molar-refractivity contribution < 1.29 is 9.32 Å². The summed E-state index contributed by atoms with van der Waals surface area (Å²) >= 11 is 13.2. The molecule has 3 aromatic heterocycles. The van der Waals surface area contributed by atoms with E-state index in [0.717, 1.165) is 46.7 Å². The average molecular weight is 550 g/mol. The number of carbonyl (C=O) groups is 1. The van der Waals surface area contributed by atoms with Crippen molar-refractivity contribution in [3.8, 4) is 11.5 Å². The summed E-state index contributed by atoms with van der Waals surface area (Å²) in [7, 11) is 0. The van der Waals surface area contributed by atoms with E-state index in [0.29, 0.717) is 33.6 Å². The summed E-state index contributed by atoms with van der Waals surface area (Å²) in [6, 6.07) is 11.3. The second-order valence-corrected chi connectivity index (χ2v) is 10.4. The Balaban J connectivity index is 1.24. The molecule has 0 spiro atoms. The summed E-state index contributed by atoms with van der Waals surface area (Å²) in [6.07, 6.45) is 3.93. The fourth-order valence-corrected chi connectivity index (χ4v) is 5.60. The average Bonchev–Trinajstić information content (AvgIpc) is 3.69. The highest BCUT2D eigenvalue weighted by molar-refractivity contribution is 6.37. The van der Waals surface area contributed by atoms with Crippen molar-refractivity contribution in [3.05, 3.63) is 81.6 Å². The number of amides is 1. The van der Waals surface area contributed by atoms with Crippen LogP contribution < -0.4 is 10.2 Å². The minimum atomic E-state index is -0.213. The number of fused-ring (bicyclic) bond motifs is 1. The summed E-state index contributed by atoms with van der Waals surface area (Å²) < 4.78 is 9.67. The number of aryl methyl sites for hydroxylation is 3. The molecule has 0 saturated carbocycles. The van der Waals surface area contributed by atoms with Gasteiger partial charge in [-0.15, -0.1) is 10.2 Å². The summed E-state index contributed by atoms with van der Waals surface area (Å²) in [5.41, 5.74) is 5.79. The molecule has 0 radical (unpaired) electrons. The maximum atomic E-state index is 13.1. The molecule has 0 unspecified atom stereocenters. The Morgan fingerprint density at radius 3 is 2.50 bits per heavy atom. The first-order valence-corrected chi connectivity index (χ1v) is 13.0. The van der Waals surface area contributed by atoms with Crippen LogP contribution in [-0.4, -0.2) is 49.5 Å². The molecule has 6 rings (SSSR count). The topological polar surface area (TPSA) is 94.0 Å². The van der Waals surface area contributed by atoms with Gasteiger partial charge in [-0.1, -0.05) is 28.4 Å². The van der Waals surface area contributed by atoms with Crippen molar-refractivity contribution in [2.75, 3.05) is 18.0 Å². The third-order valence-electron chi connectivity index (χ3n) is 7.09. The Hall–Kier alpha value is -3.82. The van der Waals surface area contributed by atoms with Crippen LogP contribution in [0.3, 0.4) is 0 Å². The molecule has 2 aromatic carbocycles. The van der Waals surface area contributed by atoms with Crippen LogP contribution in [0.15, 0.2) is 53.6 Å².